The topological polar surface area (TPSA) is 57.1 Å². The van der Waals surface area contributed by atoms with E-state index in [-0.39, 0.29) is 5.70 Å². The third kappa shape index (κ3) is 4.78. The minimum Gasteiger partial charge on any atom is -0.493 e. The number of hydrogen-bond acceptors (Lipinski definition) is 5. The zero-order valence-electron chi connectivity index (χ0n) is 17.1. The van der Waals surface area contributed by atoms with Gasteiger partial charge in [-0.15, -0.1) is 0 Å². The number of cyclic esters (lactones) is 1. The lowest BCUT2D eigenvalue weighted by atomic mass is 10.1. The van der Waals surface area contributed by atoms with Crippen molar-refractivity contribution < 1.29 is 19.0 Å². The summed E-state index contributed by atoms with van der Waals surface area (Å²) >= 11 is 6.02. The predicted octanol–water partition coefficient (Wildman–Crippen LogP) is 5.58. The molecular weight excluding hydrogens is 414 g/mol. The van der Waals surface area contributed by atoms with Crippen molar-refractivity contribution in [2.24, 2.45) is 4.99 Å². The molecule has 31 heavy (non-hydrogen) atoms. The largest absolute Gasteiger partial charge is 0.493 e. The minimum absolute atomic E-state index is 0.230. The molecule has 0 atom stereocenters. The summed E-state index contributed by atoms with van der Waals surface area (Å²) in [6, 6.07) is 20.5. The lowest BCUT2D eigenvalue weighted by Crippen LogP contribution is -2.06. The molecule has 0 amide bonds. The maximum absolute atomic E-state index is 12.3. The first-order chi connectivity index (χ1) is 15.0. The lowest BCUT2D eigenvalue weighted by molar-refractivity contribution is -0.129. The van der Waals surface area contributed by atoms with Gasteiger partial charge in [0.25, 0.3) is 0 Å². The Morgan fingerprint density at radius 2 is 1.87 bits per heavy atom. The fourth-order valence-corrected chi connectivity index (χ4v) is 3.39. The van der Waals surface area contributed by atoms with Crippen LogP contribution in [0, 0.1) is 6.92 Å². The van der Waals surface area contributed by atoms with E-state index >= 15 is 0 Å². The molecule has 156 valence electrons. The Morgan fingerprint density at radius 1 is 1.03 bits per heavy atom. The van der Waals surface area contributed by atoms with Gasteiger partial charge in [-0.2, -0.15) is 0 Å². The first kappa shape index (κ1) is 20.7. The van der Waals surface area contributed by atoms with Crippen molar-refractivity contribution in [1.29, 1.82) is 0 Å². The Kier molecular flexibility index (Phi) is 6.05. The summed E-state index contributed by atoms with van der Waals surface area (Å²) in [7, 11) is 1.57. The molecule has 3 aromatic rings. The van der Waals surface area contributed by atoms with Crippen LogP contribution in [0.3, 0.4) is 0 Å². The molecule has 0 saturated heterocycles. The normalized spacial score (nSPS) is 14.4. The number of halogens is 1. The molecule has 0 aliphatic carbocycles. The summed E-state index contributed by atoms with van der Waals surface area (Å²) in [5.41, 5.74) is 3.70. The zero-order chi connectivity index (χ0) is 21.8. The second-order valence-electron chi connectivity index (χ2n) is 6.98. The Bertz CT molecular complexity index is 1200. The van der Waals surface area contributed by atoms with E-state index in [0.717, 1.165) is 22.3 Å². The summed E-state index contributed by atoms with van der Waals surface area (Å²) in [4.78, 5) is 16.7. The number of benzene rings is 3. The Balaban J connectivity index is 1.55. The van der Waals surface area contributed by atoms with Crippen LogP contribution in [-0.2, 0) is 16.1 Å². The van der Waals surface area contributed by atoms with Gasteiger partial charge in [0.15, 0.2) is 17.2 Å². The summed E-state index contributed by atoms with van der Waals surface area (Å²) in [6.45, 7) is 2.30. The monoisotopic (exact) mass is 433 g/mol. The number of aryl methyl sites for hydroxylation is 1. The highest BCUT2D eigenvalue weighted by atomic mass is 35.5. The smallest absolute Gasteiger partial charge is 0.363 e. The van der Waals surface area contributed by atoms with Gasteiger partial charge in [-0.1, -0.05) is 48.0 Å². The van der Waals surface area contributed by atoms with E-state index in [1.807, 2.05) is 61.5 Å². The van der Waals surface area contributed by atoms with Crippen molar-refractivity contribution >= 4 is 29.5 Å². The number of ether oxygens (including phenoxy) is 3. The van der Waals surface area contributed by atoms with Gasteiger partial charge >= 0.3 is 5.97 Å². The highest BCUT2D eigenvalue weighted by Gasteiger charge is 2.25. The van der Waals surface area contributed by atoms with E-state index in [4.69, 9.17) is 25.8 Å². The van der Waals surface area contributed by atoms with Gasteiger partial charge in [-0.05, 0) is 60.0 Å². The predicted molar refractivity (Wildman–Crippen MR) is 121 cm³/mol. The third-order valence-electron chi connectivity index (χ3n) is 4.77. The van der Waals surface area contributed by atoms with Crippen molar-refractivity contribution in [1.82, 2.24) is 0 Å². The average Bonchev–Trinajstić information content (AvgIpc) is 3.13. The van der Waals surface area contributed by atoms with Gasteiger partial charge in [0.2, 0.25) is 5.90 Å². The Labute approximate surface area is 185 Å². The first-order valence-electron chi connectivity index (χ1n) is 9.67. The average molecular weight is 434 g/mol. The van der Waals surface area contributed by atoms with E-state index in [1.165, 1.54) is 0 Å². The van der Waals surface area contributed by atoms with E-state index in [1.54, 1.807) is 25.3 Å². The number of carbonyl (C=O) groups is 1. The fourth-order valence-electron chi connectivity index (χ4n) is 3.18. The molecule has 5 nitrogen and oxygen atoms in total. The van der Waals surface area contributed by atoms with Crippen LogP contribution in [0.25, 0.3) is 6.08 Å². The number of hydrogen-bond donors (Lipinski definition) is 0. The van der Waals surface area contributed by atoms with Gasteiger partial charge in [0.05, 0.1) is 7.11 Å². The minimum atomic E-state index is -0.487. The molecule has 1 aliphatic rings. The summed E-state index contributed by atoms with van der Waals surface area (Å²) in [5, 5.41) is 0.657. The number of esters is 1. The highest BCUT2D eigenvalue weighted by Crippen LogP contribution is 2.30. The van der Waals surface area contributed by atoms with Crippen molar-refractivity contribution in [3.8, 4) is 11.5 Å². The van der Waals surface area contributed by atoms with Crippen LogP contribution < -0.4 is 9.47 Å². The molecule has 0 saturated carbocycles. The summed E-state index contributed by atoms with van der Waals surface area (Å²) < 4.78 is 16.7. The maximum atomic E-state index is 12.3. The molecule has 0 spiro atoms. The van der Waals surface area contributed by atoms with E-state index in [2.05, 4.69) is 4.99 Å². The molecule has 1 aliphatic heterocycles. The second kappa shape index (κ2) is 9.06. The van der Waals surface area contributed by atoms with Crippen LogP contribution in [0.1, 0.15) is 22.3 Å². The quantitative estimate of drug-likeness (QED) is 0.376. The third-order valence-corrected chi connectivity index (χ3v) is 5.01. The Hall–Kier alpha value is -3.57. The van der Waals surface area contributed by atoms with Gasteiger partial charge in [-0.25, -0.2) is 9.79 Å². The SMILES string of the molecule is COc1cc(/C=C2\N=C(c3ccccc3C)OC2=O)ccc1OCc1cccc(Cl)c1. The molecule has 0 bridgehead atoms. The van der Waals surface area contributed by atoms with Gasteiger partial charge in [-0.3, -0.25) is 0 Å². The zero-order valence-corrected chi connectivity index (χ0v) is 17.8. The summed E-state index contributed by atoms with van der Waals surface area (Å²) in [6.07, 6.45) is 1.66. The standard InChI is InChI=1S/C25H20ClNO4/c1-16-6-3-4-9-20(16)24-27-21(25(28)31-24)13-17-10-11-22(23(14-17)29-2)30-15-18-7-5-8-19(26)12-18/h3-14H,15H2,1-2H3/b21-13-. The molecule has 0 N–H and O–H groups in total. The van der Waals surface area contributed by atoms with Crippen LogP contribution in [0.4, 0.5) is 0 Å². The van der Waals surface area contributed by atoms with Crippen molar-refractivity contribution in [3.63, 3.8) is 0 Å². The number of carbonyl (C=O) groups excluding carboxylic acids is 1. The van der Waals surface area contributed by atoms with Crippen molar-refractivity contribution in [2.45, 2.75) is 13.5 Å². The number of aliphatic imine (C=N–C) groups is 1. The first-order valence-corrected chi connectivity index (χ1v) is 10.0. The van der Waals surface area contributed by atoms with Gasteiger partial charge in [0.1, 0.15) is 6.61 Å². The molecule has 0 radical (unpaired) electrons. The fraction of sp³-hybridized carbons (Fsp3) is 0.120. The van der Waals surface area contributed by atoms with E-state index < -0.39 is 5.97 Å². The number of nitrogens with zero attached hydrogens (tertiary/aromatic N) is 1. The number of rotatable bonds is 6. The molecule has 0 unspecified atom stereocenters. The molecule has 0 fully saturated rings. The molecule has 1 heterocycles. The lowest BCUT2D eigenvalue weighted by Gasteiger charge is -2.11. The van der Waals surface area contributed by atoms with Crippen LogP contribution in [-0.4, -0.2) is 19.0 Å². The molecule has 0 aromatic heterocycles. The number of methoxy groups -OCH3 is 1. The van der Waals surface area contributed by atoms with Gasteiger partial charge in [0, 0.05) is 10.6 Å². The molecule has 6 heteroatoms. The molecule has 4 rings (SSSR count). The van der Waals surface area contributed by atoms with Crippen molar-refractivity contribution in [3.05, 3.63) is 99.7 Å². The maximum Gasteiger partial charge on any atom is 0.363 e. The van der Waals surface area contributed by atoms with Crippen LogP contribution in [0.2, 0.25) is 5.02 Å². The molecular formula is C25H20ClNO4. The highest BCUT2D eigenvalue weighted by molar-refractivity contribution is 6.30. The molecule has 3 aromatic carbocycles. The van der Waals surface area contributed by atoms with E-state index in [0.29, 0.717) is 29.0 Å². The van der Waals surface area contributed by atoms with Crippen LogP contribution in [0.15, 0.2) is 77.4 Å². The second-order valence-corrected chi connectivity index (χ2v) is 7.42. The summed E-state index contributed by atoms with van der Waals surface area (Å²) in [5.74, 6) is 0.954. The van der Waals surface area contributed by atoms with Crippen LogP contribution in [0.5, 0.6) is 11.5 Å². The van der Waals surface area contributed by atoms with Crippen LogP contribution >= 0.6 is 11.6 Å². The van der Waals surface area contributed by atoms with E-state index in [9.17, 15) is 4.79 Å². The van der Waals surface area contributed by atoms with Crippen molar-refractivity contribution in [2.75, 3.05) is 7.11 Å². The Morgan fingerprint density at radius 3 is 2.65 bits per heavy atom. The van der Waals surface area contributed by atoms with Gasteiger partial charge < -0.3 is 14.2 Å².